The molecule has 4 heteroatoms. The van der Waals surface area contributed by atoms with Crippen LogP contribution in [0.4, 0.5) is 0 Å². The Kier molecular flexibility index (Phi) is 5.30. The van der Waals surface area contributed by atoms with Crippen LogP contribution in [0.25, 0.3) is 0 Å². The number of hydrogen-bond donors (Lipinski definition) is 1. The third-order valence-electron chi connectivity index (χ3n) is 1.87. The fourth-order valence-corrected chi connectivity index (χ4v) is 2.17. The van der Waals surface area contributed by atoms with E-state index in [0.29, 0.717) is 5.25 Å². The summed E-state index contributed by atoms with van der Waals surface area (Å²) in [5.74, 6) is 0.904. The van der Waals surface area contributed by atoms with Crippen molar-refractivity contribution in [1.82, 2.24) is 4.98 Å². The van der Waals surface area contributed by atoms with E-state index >= 15 is 0 Å². The van der Waals surface area contributed by atoms with Gasteiger partial charge in [-0.15, -0.1) is 0 Å². The summed E-state index contributed by atoms with van der Waals surface area (Å²) in [4.78, 5) is 4.24. The lowest BCUT2D eigenvalue weighted by Crippen LogP contribution is -2.07. The fraction of sp³-hybridized carbons (Fsp3) is 0.500. The highest BCUT2D eigenvalue weighted by molar-refractivity contribution is 7.99. The van der Waals surface area contributed by atoms with Gasteiger partial charge >= 0.3 is 0 Å². The van der Waals surface area contributed by atoms with Crippen molar-refractivity contribution in [3.8, 4) is 0 Å². The largest absolute Gasteiger partial charge is 0.330 e. The Morgan fingerprint density at radius 2 is 2.43 bits per heavy atom. The van der Waals surface area contributed by atoms with Crippen LogP contribution in [0.2, 0.25) is 5.02 Å². The van der Waals surface area contributed by atoms with E-state index in [1.54, 1.807) is 12.3 Å². The first-order valence-electron chi connectivity index (χ1n) is 4.64. The van der Waals surface area contributed by atoms with Crippen LogP contribution in [0.5, 0.6) is 0 Å². The van der Waals surface area contributed by atoms with Gasteiger partial charge in [-0.3, -0.25) is 4.98 Å². The molecule has 1 aromatic heterocycles. The molecule has 1 aromatic rings. The molecule has 78 valence electrons. The second kappa shape index (κ2) is 6.27. The first kappa shape index (κ1) is 11.8. The zero-order chi connectivity index (χ0) is 10.4. The lowest BCUT2D eigenvalue weighted by molar-refractivity contribution is 0.822. The van der Waals surface area contributed by atoms with Crippen LogP contribution in [-0.4, -0.2) is 16.8 Å². The van der Waals surface area contributed by atoms with Crippen molar-refractivity contribution in [1.29, 1.82) is 0 Å². The summed E-state index contributed by atoms with van der Waals surface area (Å²) in [5, 5.41) is 1.34. The first-order valence-corrected chi connectivity index (χ1v) is 6.07. The molecule has 0 bridgehead atoms. The maximum atomic E-state index is 5.85. The summed E-state index contributed by atoms with van der Waals surface area (Å²) in [6, 6.07) is 3.70. The molecule has 1 rings (SSSR count). The fourth-order valence-electron chi connectivity index (χ4n) is 1.07. The van der Waals surface area contributed by atoms with Gasteiger partial charge in [0, 0.05) is 22.2 Å². The molecule has 1 unspecified atom stereocenters. The van der Waals surface area contributed by atoms with Crippen molar-refractivity contribution >= 4 is 23.4 Å². The minimum Gasteiger partial charge on any atom is -0.330 e. The Bertz CT molecular complexity index is 281. The number of aromatic nitrogens is 1. The van der Waals surface area contributed by atoms with Crippen molar-refractivity contribution < 1.29 is 0 Å². The number of rotatable bonds is 5. The molecule has 2 N–H and O–H groups in total. The molecule has 0 saturated carbocycles. The number of pyridine rings is 1. The summed E-state index contributed by atoms with van der Waals surface area (Å²) in [6.45, 7) is 2.93. The van der Waals surface area contributed by atoms with Crippen molar-refractivity contribution in [2.24, 2.45) is 5.73 Å². The van der Waals surface area contributed by atoms with E-state index < -0.39 is 0 Å². The zero-order valence-corrected chi connectivity index (χ0v) is 9.81. The second-order valence-corrected chi connectivity index (χ2v) is 5.03. The molecule has 1 atom stereocenters. The quantitative estimate of drug-likeness (QED) is 0.846. The highest BCUT2D eigenvalue weighted by Gasteiger charge is 2.02. The number of nitrogens with two attached hydrogens (primary N) is 1. The molecule has 0 aliphatic heterocycles. The smallest absolute Gasteiger partial charge is 0.0517 e. The molecular weight excluding hydrogens is 216 g/mol. The van der Waals surface area contributed by atoms with Gasteiger partial charge < -0.3 is 5.73 Å². The summed E-state index contributed by atoms with van der Waals surface area (Å²) in [6.07, 6.45) is 2.79. The van der Waals surface area contributed by atoms with E-state index in [0.717, 1.165) is 29.4 Å². The number of thioether (sulfide) groups is 1. The van der Waals surface area contributed by atoms with Crippen molar-refractivity contribution in [2.45, 2.75) is 24.3 Å². The van der Waals surface area contributed by atoms with Gasteiger partial charge in [-0.25, -0.2) is 0 Å². The van der Waals surface area contributed by atoms with Crippen LogP contribution < -0.4 is 5.73 Å². The van der Waals surface area contributed by atoms with Crippen LogP contribution in [0.3, 0.4) is 0 Å². The van der Waals surface area contributed by atoms with Crippen molar-refractivity contribution in [3.05, 3.63) is 29.0 Å². The molecule has 0 radical (unpaired) electrons. The van der Waals surface area contributed by atoms with Crippen LogP contribution in [0.1, 0.15) is 19.0 Å². The highest BCUT2D eigenvalue weighted by atomic mass is 35.5. The number of hydrogen-bond acceptors (Lipinski definition) is 3. The minimum atomic E-state index is 0.584. The van der Waals surface area contributed by atoms with E-state index in [4.69, 9.17) is 17.3 Å². The van der Waals surface area contributed by atoms with E-state index in [-0.39, 0.29) is 0 Å². The van der Waals surface area contributed by atoms with Gasteiger partial charge in [0.15, 0.2) is 0 Å². The standard InChI is InChI=1S/C10H15ClN2S/c1-8(2-4-12)14-7-10-6-9(11)3-5-13-10/h3,5-6,8H,2,4,7,12H2,1H3. The highest BCUT2D eigenvalue weighted by Crippen LogP contribution is 2.19. The van der Waals surface area contributed by atoms with Crippen LogP contribution >= 0.6 is 23.4 Å². The van der Waals surface area contributed by atoms with Gasteiger partial charge in [0.1, 0.15) is 0 Å². The minimum absolute atomic E-state index is 0.584. The maximum Gasteiger partial charge on any atom is 0.0517 e. The van der Waals surface area contributed by atoms with Gasteiger partial charge in [-0.05, 0) is 25.1 Å². The van der Waals surface area contributed by atoms with Gasteiger partial charge in [-0.2, -0.15) is 11.8 Å². The maximum absolute atomic E-state index is 5.85. The monoisotopic (exact) mass is 230 g/mol. The third-order valence-corrected chi connectivity index (χ3v) is 3.37. The Labute approximate surface area is 94.2 Å². The first-order chi connectivity index (χ1) is 6.72. The van der Waals surface area contributed by atoms with E-state index in [1.165, 1.54) is 0 Å². The summed E-state index contributed by atoms with van der Waals surface area (Å²) >= 11 is 7.71. The topological polar surface area (TPSA) is 38.9 Å². The molecule has 0 fully saturated rings. The predicted octanol–water partition coefficient (Wildman–Crippen LogP) is 2.71. The van der Waals surface area contributed by atoms with Gasteiger partial charge in [0.05, 0.1) is 5.69 Å². The third kappa shape index (κ3) is 4.31. The number of nitrogens with zero attached hydrogens (tertiary/aromatic N) is 1. The van der Waals surface area contributed by atoms with Crippen LogP contribution in [0.15, 0.2) is 18.3 Å². The SMILES string of the molecule is CC(CCN)SCc1cc(Cl)ccn1. The molecular formula is C10H15ClN2S. The van der Waals surface area contributed by atoms with E-state index in [1.807, 2.05) is 17.8 Å². The summed E-state index contributed by atoms with van der Waals surface area (Å²) < 4.78 is 0. The molecule has 0 aromatic carbocycles. The van der Waals surface area contributed by atoms with Crippen molar-refractivity contribution in [2.75, 3.05) is 6.54 Å². The van der Waals surface area contributed by atoms with Crippen molar-refractivity contribution in [3.63, 3.8) is 0 Å². The molecule has 14 heavy (non-hydrogen) atoms. The second-order valence-electron chi connectivity index (χ2n) is 3.16. The lowest BCUT2D eigenvalue weighted by atomic mass is 10.3. The van der Waals surface area contributed by atoms with Crippen LogP contribution in [-0.2, 0) is 5.75 Å². The summed E-state index contributed by atoms with van der Waals surface area (Å²) in [5.41, 5.74) is 6.51. The van der Waals surface area contributed by atoms with Gasteiger partial charge in [0.25, 0.3) is 0 Å². The molecule has 0 amide bonds. The zero-order valence-electron chi connectivity index (χ0n) is 8.24. The Balaban J connectivity index is 2.37. The molecule has 2 nitrogen and oxygen atoms in total. The average Bonchev–Trinajstić information content (AvgIpc) is 2.15. The molecule has 0 aliphatic carbocycles. The molecule has 1 heterocycles. The average molecular weight is 231 g/mol. The Hall–Kier alpha value is -0.250. The molecule has 0 aliphatic rings. The van der Waals surface area contributed by atoms with Gasteiger partial charge in [-0.1, -0.05) is 18.5 Å². The Morgan fingerprint density at radius 1 is 1.64 bits per heavy atom. The van der Waals surface area contributed by atoms with Crippen LogP contribution in [0, 0.1) is 0 Å². The normalized spacial score (nSPS) is 12.8. The van der Waals surface area contributed by atoms with Gasteiger partial charge in [0.2, 0.25) is 0 Å². The van der Waals surface area contributed by atoms with E-state index in [2.05, 4.69) is 11.9 Å². The summed E-state index contributed by atoms with van der Waals surface area (Å²) in [7, 11) is 0. The molecule has 0 saturated heterocycles. The predicted molar refractivity (Wildman–Crippen MR) is 63.7 cm³/mol. The number of halogens is 1. The molecule has 0 spiro atoms. The van der Waals surface area contributed by atoms with E-state index in [9.17, 15) is 0 Å². The Morgan fingerprint density at radius 3 is 3.07 bits per heavy atom. The lowest BCUT2D eigenvalue weighted by Gasteiger charge is -2.08.